The molecule has 0 amide bonds. The first-order valence-corrected chi connectivity index (χ1v) is 7.01. The topological polar surface area (TPSA) is 19.0 Å². The molecule has 3 heteroatoms. The van der Waals surface area contributed by atoms with Crippen LogP contribution < -0.4 is 0 Å². The van der Waals surface area contributed by atoms with Crippen LogP contribution in [0.2, 0.25) is 0 Å². The van der Waals surface area contributed by atoms with Crippen LogP contribution in [-0.4, -0.2) is 29.5 Å². The van der Waals surface area contributed by atoms with Crippen molar-refractivity contribution in [2.75, 3.05) is 19.6 Å². The molecule has 2 nitrogen and oxygen atoms in total. The van der Waals surface area contributed by atoms with Crippen molar-refractivity contribution in [1.29, 1.82) is 0 Å². The van der Waals surface area contributed by atoms with Crippen LogP contribution in [0.4, 0.5) is 0 Å². The maximum absolute atomic E-state index is 3.53. The molecule has 0 spiro atoms. The Bertz CT molecular complexity index is 486. The van der Waals surface area contributed by atoms with Gasteiger partial charge < -0.3 is 9.88 Å². The van der Waals surface area contributed by atoms with Gasteiger partial charge in [0.15, 0.2) is 0 Å². The summed E-state index contributed by atoms with van der Waals surface area (Å²) >= 11 is 3.53. The molecule has 92 valence electrons. The molecule has 0 atom stereocenters. The molecule has 0 fully saturated rings. The number of hydrogen-bond acceptors (Lipinski definition) is 1. The van der Waals surface area contributed by atoms with E-state index < -0.39 is 0 Å². The molecule has 1 aromatic heterocycles. The van der Waals surface area contributed by atoms with E-state index in [4.69, 9.17) is 0 Å². The highest BCUT2D eigenvalue weighted by atomic mass is 79.9. The van der Waals surface area contributed by atoms with Crippen molar-refractivity contribution in [1.82, 2.24) is 9.88 Å². The number of benzene rings is 1. The molecule has 0 bridgehead atoms. The second-order valence-electron chi connectivity index (χ2n) is 4.28. The van der Waals surface area contributed by atoms with Crippen molar-refractivity contribution in [2.24, 2.45) is 0 Å². The van der Waals surface area contributed by atoms with E-state index in [1.807, 2.05) is 0 Å². The predicted octanol–water partition coefficient (Wildman–Crippen LogP) is 3.81. The van der Waals surface area contributed by atoms with E-state index in [0.29, 0.717) is 0 Å². The molecule has 2 aromatic rings. The second kappa shape index (κ2) is 5.69. The quantitative estimate of drug-likeness (QED) is 0.888. The minimum Gasteiger partial charge on any atom is -0.361 e. The lowest BCUT2D eigenvalue weighted by Crippen LogP contribution is -2.25. The van der Waals surface area contributed by atoms with Crippen LogP contribution in [-0.2, 0) is 6.42 Å². The lowest BCUT2D eigenvalue weighted by Gasteiger charge is -2.17. The highest BCUT2D eigenvalue weighted by Gasteiger charge is 2.06. The van der Waals surface area contributed by atoms with Gasteiger partial charge in [0.1, 0.15) is 0 Å². The first-order chi connectivity index (χ1) is 8.24. The third kappa shape index (κ3) is 2.90. The molecule has 17 heavy (non-hydrogen) atoms. The van der Waals surface area contributed by atoms with Gasteiger partial charge in [0.2, 0.25) is 0 Å². The standard InChI is InChI=1S/C14H19BrN2/c1-3-17(4-2)8-7-11-10-16-14-6-5-12(15)9-13(11)14/h5-6,9-10,16H,3-4,7-8H2,1-2H3. The van der Waals surface area contributed by atoms with Crippen molar-refractivity contribution in [3.05, 3.63) is 34.4 Å². The molecule has 0 aliphatic rings. The fraction of sp³-hybridized carbons (Fsp3) is 0.429. The SMILES string of the molecule is CCN(CC)CCc1c[nH]c2ccc(Br)cc12. The summed E-state index contributed by atoms with van der Waals surface area (Å²) in [5.74, 6) is 0. The fourth-order valence-electron chi connectivity index (χ4n) is 2.18. The average Bonchev–Trinajstić information content (AvgIpc) is 2.73. The van der Waals surface area contributed by atoms with Gasteiger partial charge in [0.25, 0.3) is 0 Å². The summed E-state index contributed by atoms with van der Waals surface area (Å²) in [6.07, 6.45) is 3.25. The summed E-state index contributed by atoms with van der Waals surface area (Å²) in [6, 6.07) is 6.40. The number of nitrogens with zero attached hydrogens (tertiary/aromatic N) is 1. The molecule has 2 rings (SSSR count). The monoisotopic (exact) mass is 294 g/mol. The second-order valence-corrected chi connectivity index (χ2v) is 5.20. The third-order valence-electron chi connectivity index (χ3n) is 3.32. The first-order valence-electron chi connectivity index (χ1n) is 6.22. The van der Waals surface area contributed by atoms with Crippen LogP contribution in [0.3, 0.4) is 0 Å². The van der Waals surface area contributed by atoms with Crippen LogP contribution in [0, 0.1) is 0 Å². The van der Waals surface area contributed by atoms with Crippen LogP contribution >= 0.6 is 15.9 Å². The summed E-state index contributed by atoms with van der Waals surface area (Å²) in [5.41, 5.74) is 2.64. The lowest BCUT2D eigenvalue weighted by molar-refractivity contribution is 0.308. The number of H-pyrrole nitrogens is 1. The van der Waals surface area contributed by atoms with Gasteiger partial charge in [-0.15, -0.1) is 0 Å². The van der Waals surface area contributed by atoms with Crippen molar-refractivity contribution >= 4 is 26.8 Å². The van der Waals surface area contributed by atoms with Gasteiger partial charge in [0.05, 0.1) is 0 Å². The Morgan fingerprint density at radius 3 is 2.71 bits per heavy atom. The molecule has 0 radical (unpaired) electrons. The van der Waals surface area contributed by atoms with Crippen LogP contribution in [0.5, 0.6) is 0 Å². The van der Waals surface area contributed by atoms with E-state index in [-0.39, 0.29) is 0 Å². The Kier molecular flexibility index (Phi) is 4.24. The molecular weight excluding hydrogens is 276 g/mol. The Morgan fingerprint density at radius 1 is 1.24 bits per heavy atom. The molecule has 1 N–H and O–H groups in total. The number of aromatic nitrogens is 1. The van der Waals surface area contributed by atoms with Gasteiger partial charge in [0, 0.05) is 28.1 Å². The lowest BCUT2D eigenvalue weighted by atomic mass is 10.1. The Balaban J connectivity index is 2.16. The Hall–Kier alpha value is -0.800. The number of nitrogens with one attached hydrogen (secondary N) is 1. The zero-order valence-electron chi connectivity index (χ0n) is 10.5. The van der Waals surface area contributed by atoms with E-state index in [1.165, 1.54) is 16.5 Å². The molecule has 0 aliphatic carbocycles. The fourth-order valence-corrected chi connectivity index (χ4v) is 2.54. The summed E-state index contributed by atoms with van der Waals surface area (Å²) in [6.45, 7) is 7.82. The van der Waals surface area contributed by atoms with E-state index in [9.17, 15) is 0 Å². The maximum atomic E-state index is 3.53. The molecule has 0 saturated carbocycles. The van der Waals surface area contributed by atoms with E-state index in [0.717, 1.165) is 30.5 Å². The number of likely N-dealkylation sites (N-methyl/N-ethyl adjacent to an activating group) is 1. The number of aromatic amines is 1. The van der Waals surface area contributed by atoms with Gasteiger partial charge in [-0.3, -0.25) is 0 Å². The predicted molar refractivity (Wildman–Crippen MR) is 77.5 cm³/mol. The molecule has 0 aliphatic heterocycles. The molecule has 0 saturated heterocycles. The van der Waals surface area contributed by atoms with Crippen molar-refractivity contribution in [3.8, 4) is 0 Å². The van der Waals surface area contributed by atoms with Gasteiger partial charge in [-0.25, -0.2) is 0 Å². The minimum atomic E-state index is 1.11. The molecule has 1 heterocycles. The normalized spacial score (nSPS) is 11.5. The number of fused-ring (bicyclic) bond motifs is 1. The number of halogens is 1. The smallest absolute Gasteiger partial charge is 0.0457 e. The molecule has 1 aromatic carbocycles. The average molecular weight is 295 g/mol. The largest absolute Gasteiger partial charge is 0.361 e. The van der Waals surface area contributed by atoms with E-state index in [2.05, 4.69) is 64.1 Å². The summed E-state index contributed by atoms with van der Waals surface area (Å²) in [7, 11) is 0. The number of hydrogen-bond donors (Lipinski definition) is 1. The van der Waals surface area contributed by atoms with Crippen LogP contribution in [0.25, 0.3) is 10.9 Å². The van der Waals surface area contributed by atoms with Gasteiger partial charge in [-0.1, -0.05) is 29.8 Å². The van der Waals surface area contributed by atoms with Gasteiger partial charge >= 0.3 is 0 Å². The maximum Gasteiger partial charge on any atom is 0.0457 e. The van der Waals surface area contributed by atoms with Gasteiger partial charge in [-0.05, 0) is 43.3 Å². The van der Waals surface area contributed by atoms with E-state index >= 15 is 0 Å². The van der Waals surface area contributed by atoms with Crippen molar-refractivity contribution in [3.63, 3.8) is 0 Å². The summed E-state index contributed by atoms with van der Waals surface area (Å²) < 4.78 is 1.15. The Labute approximate surface area is 111 Å². The first kappa shape index (κ1) is 12.7. The molecular formula is C14H19BrN2. The van der Waals surface area contributed by atoms with Crippen LogP contribution in [0.15, 0.2) is 28.9 Å². The van der Waals surface area contributed by atoms with Gasteiger partial charge in [-0.2, -0.15) is 0 Å². The minimum absolute atomic E-state index is 1.11. The highest BCUT2D eigenvalue weighted by molar-refractivity contribution is 9.10. The third-order valence-corrected chi connectivity index (χ3v) is 3.81. The Morgan fingerprint density at radius 2 is 2.00 bits per heavy atom. The molecule has 0 unspecified atom stereocenters. The van der Waals surface area contributed by atoms with Crippen molar-refractivity contribution in [2.45, 2.75) is 20.3 Å². The summed E-state index contributed by atoms with van der Waals surface area (Å²) in [5, 5.41) is 1.34. The number of rotatable bonds is 5. The zero-order valence-corrected chi connectivity index (χ0v) is 12.0. The van der Waals surface area contributed by atoms with E-state index in [1.54, 1.807) is 0 Å². The highest BCUT2D eigenvalue weighted by Crippen LogP contribution is 2.23. The van der Waals surface area contributed by atoms with Crippen LogP contribution in [0.1, 0.15) is 19.4 Å². The zero-order chi connectivity index (χ0) is 12.3. The summed E-state index contributed by atoms with van der Waals surface area (Å²) in [4.78, 5) is 5.79. The van der Waals surface area contributed by atoms with Crippen molar-refractivity contribution < 1.29 is 0 Å².